The van der Waals surface area contributed by atoms with Crippen LogP contribution in [-0.4, -0.2) is 21.6 Å². The normalized spacial score (nSPS) is 17.5. The molecule has 0 saturated heterocycles. The predicted molar refractivity (Wildman–Crippen MR) is 40.4 cm³/mol. The molecular weight excluding hydrogens is 178 g/mol. The van der Waals surface area contributed by atoms with Gasteiger partial charge in [-0.25, -0.2) is 0 Å². The molecule has 0 radical (unpaired) electrons. The number of ketones is 2. The minimum absolute atomic E-state index is 0.0244. The molecule has 0 unspecified atom stereocenters. The number of hydrogen-bond acceptors (Lipinski definition) is 5. The van der Waals surface area contributed by atoms with Gasteiger partial charge in [0.15, 0.2) is 0 Å². The van der Waals surface area contributed by atoms with Gasteiger partial charge in [-0.15, -0.1) is 0 Å². The van der Waals surface area contributed by atoms with Crippen molar-refractivity contribution in [2.24, 2.45) is 0 Å². The topological polar surface area (TPSA) is 97.5 Å². The number of nitro groups is 1. The Balaban J connectivity index is 3.35. The fourth-order valence-electron chi connectivity index (χ4n) is 0.911. The Labute approximate surface area is 72.3 Å². The molecule has 13 heavy (non-hydrogen) atoms. The van der Waals surface area contributed by atoms with E-state index < -0.39 is 27.9 Å². The van der Waals surface area contributed by atoms with E-state index in [4.69, 9.17) is 5.11 Å². The van der Waals surface area contributed by atoms with Gasteiger partial charge in [0.25, 0.3) is 0 Å². The molecule has 6 nitrogen and oxygen atoms in total. The lowest BCUT2D eigenvalue weighted by Crippen LogP contribution is -2.25. The quantitative estimate of drug-likeness (QED) is 0.269. The van der Waals surface area contributed by atoms with Gasteiger partial charge in [0.2, 0.25) is 11.5 Å². The zero-order valence-corrected chi connectivity index (χ0v) is 6.60. The third-order valence-corrected chi connectivity index (χ3v) is 1.57. The molecule has 0 aromatic heterocycles. The fourth-order valence-corrected chi connectivity index (χ4v) is 0.911. The summed E-state index contributed by atoms with van der Waals surface area (Å²) in [6, 6.07) is 0. The van der Waals surface area contributed by atoms with E-state index in [0.717, 1.165) is 6.08 Å². The first kappa shape index (κ1) is 9.11. The van der Waals surface area contributed by atoms with Crippen LogP contribution in [0.15, 0.2) is 23.1 Å². The molecule has 1 N–H and O–H groups in total. The number of aliphatic hydroxyl groups is 1. The van der Waals surface area contributed by atoms with Crippen molar-refractivity contribution in [3.63, 3.8) is 0 Å². The van der Waals surface area contributed by atoms with Crippen LogP contribution in [0, 0.1) is 10.1 Å². The Kier molecular flexibility index (Phi) is 1.97. The van der Waals surface area contributed by atoms with E-state index in [1.165, 1.54) is 6.92 Å². The number of carbonyl (C=O) groups excluding carboxylic acids is 2. The van der Waals surface area contributed by atoms with Gasteiger partial charge in [-0.05, 0) is 13.0 Å². The summed E-state index contributed by atoms with van der Waals surface area (Å²) in [6.45, 7) is 1.31. The van der Waals surface area contributed by atoms with Gasteiger partial charge in [0.1, 0.15) is 0 Å². The van der Waals surface area contributed by atoms with E-state index in [0.29, 0.717) is 0 Å². The average molecular weight is 183 g/mol. The summed E-state index contributed by atoms with van der Waals surface area (Å²) in [5.41, 5.74) is -1.03. The Bertz CT molecular complexity index is 376. The lowest BCUT2D eigenvalue weighted by molar-refractivity contribution is -0.421. The number of carbonyl (C=O) groups is 2. The Morgan fingerprint density at radius 1 is 1.46 bits per heavy atom. The largest absolute Gasteiger partial charge is 0.502 e. The summed E-state index contributed by atoms with van der Waals surface area (Å²) in [5, 5.41) is 19.3. The standard InChI is InChI=1S/C7H5NO5/c1-3-2-4(9)7(11)5(6(3)10)8(12)13/h2,10H,1H3. The number of Topliss-reactive ketones (excluding diaryl/α,β-unsaturated/α-hetero) is 1. The number of aliphatic hydroxyl groups excluding tert-OH is 1. The maximum Gasteiger partial charge on any atom is 0.361 e. The molecule has 1 aliphatic rings. The van der Waals surface area contributed by atoms with E-state index in [1.54, 1.807) is 0 Å². The molecule has 0 fully saturated rings. The lowest BCUT2D eigenvalue weighted by Gasteiger charge is -2.05. The summed E-state index contributed by atoms with van der Waals surface area (Å²) in [4.78, 5) is 30.8. The van der Waals surface area contributed by atoms with Crippen molar-refractivity contribution < 1.29 is 19.6 Å². The maximum atomic E-state index is 10.9. The summed E-state index contributed by atoms with van der Waals surface area (Å²) < 4.78 is 0. The highest BCUT2D eigenvalue weighted by Gasteiger charge is 2.36. The first-order valence-corrected chi connectivity index (χ1v) is 3.30. The number of hydrogen-bond donors (Lipinski definition) is 1. The second-order valence-electron chi connectivity index (χ2n) is 2.48. The molecule has 1 rings (SSSR count). The van der Waals surface area contributed by atoms with Gasteiger partial charge in [0, 0.05) is 5.57 Å². The molecule has 6 heteroatoms. The molecule has 0 bridgehead atoms. The van der Waals surface area contributed by atoms with Crippen molar-refractivity contribution in [3.8, 4) is 0 Å². The van der Waals surface area contributed by atoms with Gasteiger partial charge in [0.05, 0.1) is 4.92 Å². The first-order chi connectivity index (χ1) is 5.95. The lowest BCUT2D eigenvalue weighted by atomic mass is 10.0. The highest BCUT2D eigenvalue weighted by molar-refractivity contribution is 6.47. The average Bonchev–Trinajstić information content (AvgIpc) is 2.01. The molecule has 68 valence electrons. The Hall–Kier alpha value is -1.98. The Morgan fingerprint density at radius 3 is 2.46 bits per heavy atom. The predicted octanol–water partition coefficient (Wildman–Crippen LogP) is 0.131. The van der Waals surface area contributed by atoms with E-state index in [9.17, 15) is 19.7 Å². The van der Waals surface area contributed by atoms with Gasteiger partial charge in [-0.1, -0.05) is 0 Å². The van der Waals surface area contributed by atoms with Gasteiger partial charge in [-0.2, -0.15) is 0 Å². The van der Waals surface area contributed by atoms with Crippen LogP contribution < -0.4 is 0 Å². The summed E-state index contributed by atoms with van der Waals surface area (Å²) in [5.74, 6) is -3.01. The molecule has 0 amide bonds. The third-order valence-electron chi connectivity index (χ3n) is 1.57. The second kappa shape index (κ2) is 2.81. The van der Waals surface area contributed by atoms with Crippen LogP contribution in [0.1, 0.15) is 6.92 Å². The van der Waals surface area contributed by atoms with Crippen molar-refractivity contribution in [2.75, 3.05) is 0 Å². The minimum atomic E-state index is -1.28. The summed E-state index contributed by atoms with van der Waals surface area (Å²) >= 11 is 0. The van der Waals surface area contributed by atoms with Crippen LogP contribution in [0.2, 0.25) is 0 Å². The molecule has 0 spiro atoms. The molecule has 0 heterocycles. The van der Waals surface area contributed by atoms with E-state index in [2.05, 4.69) is 0 Å². The van der Waals surface area contributed by atoms with Crippen LogP contribution in [0.4, 0.5) is 0 Å². The van der Waals surface area contributed by atoms with Crippen molar-refractivity contribution >= 4 is 11.6 Å². The van der Waals surface area contributed by atoms with Gasteiger partial charge < -0.3 is 5.11 Å². The number of allylic oxidation sites excluding steroid dienone is 3. The highest BCUT2D eigenvalue weighted by atomic mass is 16.6. The van der Waals surface area contributed by atoms with Crippen LogP contribution in [0.25, 0.3) is 0 Å². The molecule has 0 saturated carbocycles. The van der Waals surface area contributed by atoms with Crippen molar-refractivity contribution in [2.45, 2.75) is 6.92 Å². The van der Waals surface area contributed by atoms with Crippen LogP contribution in [0.3, 0.4) is 0 Å². The first-order valence-electron chi connectivity index (χ1n) is 3.30. The molecule has 0 aliphatic heterocycles. The SMILES string of the molecule is CC1=CC(=O)C(=O)C([N+](=O)[O-])=C1O. The smallest absolute Gasteiger partial charge is 0.361 e. The third kappa shape index (κ3) is 1.33. The van der Waals surface area contributed by atoms with Gasteiger partial charge >= 0.3 is 11.5 Å². The van der Waals surface area contributed by atoms with Crippen molar-refractivity contribution in [1.82, 2.24) is 0 Å². The molecule has 0 aromatic carbocycles. The summed E-state index contributed by atoms with van der Waals surface area (Å²) in [7, 11) is 0. The van der Waals surface area contributed by atoms with E-state index >= 15 is 0 Å². The second-order valence-corrected chi connectivity index (χ2v) is 2.48. The number of nitrogens with zero attached hydrogens (tertiary/aromatic N) is 1. The molecule has 1 aliphatic carbocycles. The fraction of sp³-hybridized carbons (Fsp3) is 0.143. The van der Waals surface area contributed by atoms with Gasteiger partial charge in [-0.3, -0.25) is 19.7 Å². The zero-order valence-electron chi connectivity index (χ0n) is 6.60. The van der Waals surface area contributed by atoms with Crippen LogP contribution >= 0.6 is 0 Å². The molecule has 0 aromatic rings. The maximum absolute atomic E-state index is 10.9. The summed E-state index contributed by atoms with van der Waals surface area (Å²) in [6.07, 6.45) is 0.866. The van der Waals surface area contributed by atoms with Crippen molar-refractivity contribution in [1.29, 1.82) is 0 Å². The molecular formula is C7H5NO5. The van der Waals surface area contributed by atoms with Crippen molar-refractivity contribution in [3.05, 3.63) is 33.2 Å². The number of rotatable bonds is 1. The highest BCUT2D eigenvalue weighted by Crippen LogP contribution is 2.18. The van der Waals surface area contributed by atoms with E-state index in [1.807, 2.05) is 0 Å². The zero-order chi connectivity index (χ0) is 10.2. The Morgan fingerprint density at radius 2 is 2.00 bits per heavy atom. The van der Waals surface area contributed by atoms with E-state index in [-0.39, 0.29) is 5.57 Å². The molecule has 0 atom stereocenters. The van der Waals surface area contributed by atoms with Crippen LogP contribution in [-0.2, 0) is 9.59 Å². The van der Waals surface area contributed by atoms with Crippen LogP contribution in [0.5, 0.6) is 0 Å². The minimum Gasteiger partial charge on any atom is -0.502 e. The monoisotopic (exact) mass is 183 g/mol.